The highest BCUT2D eigenvalue weighted by Crippen LogP contribution is 2.19. The van der Waals surface area contributed by atoms with Crippen molar-refractivity contribution in [3.63, 3.8) is 0 Å². The van der Waals surface area contributed by atoms with Crippen molar-refractivity contribution in [3.8, 4) is 0 Å². The van der Waals surface area contributed by atoms with Crippen molar-refractivity contribution in [1.29, 1.82) is 0 Å². The van der Waals surface area contributed by atoms with Crippen molar-refractivity contribution in [2.24, 2.45) is 5.92 Å². The van der Waals surface area contributed by atoms with Crippen LogP contribution in [0.2, 0.25) is 0 Å². The molecule has 0 amide bonds. The Morgan fingerprint density at radius 1 is 1.42 bits per heavy atom. The summed E-state index contributed by atoms with van der Waals surface area (Å²) in [5.41, 5.74) is 0. The lowest BCUT2D eigenvalue weighted by molar-refractivity contribution is -0.148. The Bertz CT molecular complexity index is 163. The van der Waals surface area contributed by atoms with E-state index in [0.717, 1.165) is 25.7 Å². The van der Waals surface area contributed by atoms with E-state index in [9.17, 15) is 4.79 Å². The Hall–Kier alpha value is -0.790. The molecule has 0 aromatic heterocycles. The van der Waals surface area contributed by atoms with Gasteiger partial charge in [0.2, 0.25) is 0 Å². The minimum Gasteiger partial charge on any atom is -0.466 e. The summed E-state index contributed by atoms with van der Waals surface area (Å²) in [6.07, 6.45) is 8.25. The minimum absolute atomic E-state index is 0.0128. The van der Waals surface area contributed by atoms with Crippen LogP contribution >= 0.6 is 0 Å². The van der Waals surface area contributed by atoms with Gasteiger partial charge in [-0.15, -0.1) is 0 Å². The van der Waals surface area contributed by atoms with Crippen molar-refractivity contribution >= 4 is 5.97 Å². The van der Waals surface area contributed by atoms with Crippen LogP contribution in [0, 0.1) is 5.92 Å². The average Bonchev–Trinajstić information content (AvgIpc) is 2.32. The number of carbonyl (C=O) groups is 1. The van der Waals surface area contributed by atoms with Gasteiger partial charge in [0, 0.05) is 0 Å². The zero-order valence-electron chi connectivity index (χ0n) is 7.58. The molecule has 0 fully saturated rings. The third-order valence-electron chi connectivity index (χ3n) is 2.15. The Labute approximate surface area is 73.6 Å². The van der Waals surface area contributed by atoms with Crippen LogP contribution in [-0.2, 0) is 9.53 Å². The summed E-state index contributed by atoms with van der Waals surface area (Å²) < 4.78 is 4.97. The first-order chi connectivity index (χ1) is 5.84. The molecule has 1 aliphatic carbocycles. The molecule has 0 aromatic carbocycles. The second kappa shape index (κ2) is 4.96. The fourth-order valence-electron chi connectivity index (χ4n) is 1.47. The van der Waals surface area contributed by atoms with Crippen LogP contribution < -0.4 is 0 Å². The summed E-state index contributed by atoms with van der Waals surface area (Å²) >= 11 is 0. The fraction of sp³-hybridized carbons (Fsp3) is 0.700. The van der Waals surface area contributed by atoms with Gasteiger partial charge in [0.05, 0.1) is 12.5 Å². The monoisotopic (exact) mass is 168 g/mol. The van der Waals surface area contributed by atoms with Gasteiger partial charge >= 0.3 is 5.97 Å². The maximum atomic E-state index is 11.3. The molecule has 0 bridgehead atoms. The number of hydrogen-bond donors (Lipinski definition) is 0. The lowest BCUT2D eigenvalue weighted by atomic mass is 10.0. The molecule has 0 saturated heterocycles. The summed E-state index contributed by atoms with van der Waals surface area (Å²) in [4.78, 5) is 11.3. The van der Waals surface area contributed by atoms with Crippen LogP contribution in [0.1, 0.15) is 32.6 Å². The highest BCUT2D eigenvalue weighted by molar-refractivity contribution is 5.72. The van der Waals surface area contributed by atoms with Gasteiger partial charge < -0.3 is 4.74 Å². The average molecular weight is 168 g/mol. The van der Waals surface area contributed by atoms with Crippen LogP contribution in [0.5, 0.6) is 0 Å². The first-order valence-electron chi connectivity index (χ1n) is 4.66. The van der Waals surface area contributed by atoms with E-state index in [0.29, 0.717) is 6.61 Å². The molecule has 0 aromatic rings. The molecule has 0 N–H and O–H groups in total. The number of carbonyl (C=O) groups excluding carboxylic acids is 1. The lowest BCUT2D eigenvalue weighted by Crippen LogP contribution is -2.16. The summed E-state index contributed by atoms with van der Waals surface area (Å²) in [6, 6.07) is 0. The molecule has 2 nitrogen and oxygen atoms in total. The number of hydrogen-bond acceptors (Lipinski definition) is 2. The van der Waals surface area contributed by atoms with E-state index in [1.165, 1.54) is 0 Å². The van der Waals surface area contributed by atoms with E-state index >= 15 is 0 Å². The van der Waals surface area contributed by atoms with Crippen LogP contribution in [0.15, 0.2) is 12.2 Å². The van der Waals surface area contributed by atoms with E-state index in [1.54, 1.807) is 0 Å². The highest BCUT2D eigenvalue weighted by Gasteiger charge is 2.18. The molecule has 68 valence electrons. The van der Waals surface area contributed by atoms with Crippen molar-refractivity contribution in [1.82, 2.24) is 0 Å². The first-order valence-corrected chi connectivity index (χ1v) is 4.66. The highest BCUT2D eigenvalue weighted by atomic mass is 16.5. The van der Waals surface area contributed by atoms with Crippen molar-refractivity contribution in [2.45, 2.75) is 32.6 Å². The van der Waals surface area contributed by atoms with Crippen LogP contribution in [0.4, 0.5) is 0 Å². The zero-order chi connectivity index (χ0) is 8.81. The summed E-state index contributed by atoms with van der Waals surface area (Å²) in [5.74, 6) is 0.126. The number of rotatable bonds is 2. The van der Waals surface area contributed by atoms with E-state index in [4.69, 9.17) is 4.74 Å². The van der Waals surface area contributed by atoms with Crippen LogP contribution in [-0.4, -0.2) is 12.6 Å². The second-order valence-electron chi connectivity index (χ2n) is 3.08. The van der Waals surface area contributed by atoms with Gasteiger partial charge in [-0.3, -0.25) is 4.79 Å². The normalized spacial score (nSPS) is 18.8. The van der Waals surface area contributed by atoms with Crippen LogP contribution in [0.25, 0.3) is 0 Å². The Balaban J connectivity index is 2.35. The molecule has 0 saturated carbocycles. The van der Waals surface area contributed by atoms with Gasteiger partial charge in [0.1, 0.15) is 0 Å². The molecule has 2 heteroatoms. The van der Waals surface area contributed by atoms with Crippen molar-refractivity contribution in [2.75, 3.05) is 6.61 Å². The molecule has 1 rings (SSSR count). The van der Waals surface area contributed by atoms with Gasteiger partial charge in [0.25, 0.3) is 0 Å². The molecular weight excluding hydrogens is 152 g/mol. The summed E-state index contributed by atoms with van der Waals surface area (Å²) in [5, 5.41) is 0. The van der Waals surface area contributed by atoms with Gasteiger partial charge in [-0.25, -0.2) is 0 Å². The molecule has 0 spiro atoms. The Morgan fingerprint density at radius 2 is 2.00 bits per heavy atom. The van der Waals surface area contributed by atoms with E-state index in [1.807, 2.05) is 6.92 Å². The molecule has 0 atom stereocenters. The molecule has 1 aliphatic rings. The van der Waals surface area contributed by atoms with Crippen molar-refractivity contribution < 1.29 is 9.53 Å². The molecule has 12 heavy (non-hydrogen) atoms. The van der Waals surface area contributed by atoms with E-state index < -0.39 is 0 Å². The van der Waals surface area contributed by atoms with Crippen LogP contribution in [0.3, 0.4) is 0 Å². The predicted molar refractivity (Wildman–Crippen MR) is 47.7 cm³/mol. The predicted octanol–water partition coefficient (Wildman–Crippen LogP) is 2.30. The van der Waals surface area contributed by atoms with Crippen molar-refractivity contribution in [3.05, 3.63) is 12.2 Å². The van der Waals surface area contributed by atoms with E-state index in [2.05, 4.69) is 12.2 Å². The zero-order valence-corrected chi connectivity index (χ0v) is 7.58. The second-order valence-corrected chi connectivity index (χ2v) is 3.08. The van der Waals surface area contributed by atoms with Gasteiger partial charge in [-0.1, -0.05) is 12.2 Å². The SMILES string of the molecule is CCOC(=O)C1CCC=CCC1. The molecule has 0 aliphatic heterocycles. The van der Waals surface area contributed by atoms with Gasteiger partial charge in [0.15, 0.2) is 0 Å². The Kier molecular flexibility index (Phi) is 3.85. The quantitative estimate of drug-likeness (QED) is 0.467. The standard InChI is InChI=1S/C10H16O2/c1-2-12-10(11)9-7-5-3-4-6-8-9/h3-4,9H,2,5-8H2,1H3. The van der Waals surface area contributed by atoms with Gasteiger partial charge in [-0.05, 0) is 32.6 Å². The Morgan fingerprint density at radius 3 is 2.50 bits per heavy atom. The summed E-state index contributed by atoms with van der Waals surface area (Å²) in [7, 11) is 0. The number of allylic oxidation sites excluding steroid dienone is 2. The third kappa shape index (κ3) is 2.68. The maximum Gasteiger partial charge on any atom is 0.308 e. The largest absolute Gasteiger partial charge is 0.466 e. The number of esters is 1. The maximum absolute atomic E-state index is 11.3. The smallest absolute Gasteiger partial charge is 0.308 e. The topological polar surface area (TPSA) is 26.3 Å². The minimum atomic E-state index is -0.0128. The van der Waals surface area contributed by atoms with Gasteiger partial charge in [-0.2, -0.15) is 0 Å². The number of ether oxygens (including phenoxy) is 1. The lowest BCUT2D eigenvalue weighted by Gasteiger charge is -2.11. The third-order valence-corrected chi connectivity index (χ3v) is 2.15. The molecule has 0 heterocycles. The van der Waals surface area contributed by atoms with E-state index in [-0.39, 0.29) is 11.9 Å². The molecule has 0 unspecified atom stereocenters. The molecular formula is C10H16O2. The first kappa shape index (κ1) is 9.30. The fourth-order valence-corrected chi connectivity index (χ4v) is 1.47. The summed E-state index contributed by atoms with van der Waals surface area (Å²) in [6.45, 7) is 2.36. The molecule has 0 radical (unpaired) electrons.